The van der Waals surface area contributed by atoms with Crippen molar-refractivity contribution in [1.82, 2.24) is 19.8 Å². The summed E-state index contributed by atoms with van der Waals surface area (Å²) in [4.78, 5) is 28.9. The molecule has 8 heteroatoms. The number of aromatic nitrogens is 2. The van der Waals surface area contributed by atoms with E-state index in [-0.39, 0.29) is 5.91 Å². The van der Waals surface area contributed by atoms with Crippen LogP contribution in [0.25, 0.3) is 0 Å². The maximum Gasteiger partial charge on any atom is 0.289 e. The van der Waals surface area contributed by atoms with Gasteiger partial charge in [0.1, 0.15) is 11.6 Å². The Hall–Kier alpha value is -2.06. The van der Waals surface area contributed by atoms with Gasteiger partial charge in [-0.05, 0) is 37.9 Å². The molecule has 1 saturated heterocycles. The molecule has 1 saturated carbocycles. The minimum atomic E-state index is -0.0196. The van der Waals surface area contributed by atoms with Crippen LogP contribution in [-0.2, 0) is 5.75 Å². The van der Waals surface area contributed by atoms with Gasteiger partial charge < -0.3 is 19.1 Å². The zero-order valence-electron chi connectivity index (χ0n) is 20.4. The molecule has 0 aromatic carbocycles. The number of rotatable bonds is 7. The van der Waals surface area contributed by atoms with Crippen LogP contribution < -0.4 is 4.90 Å². The van der Waals surface area contributed by atoms with Crippen LogP contribution in [0.4, 0.5) is 5.82 Å². The molecular weight excluding hydrogens is 434 g/mol. The van der Waals surface area contributed by atoms with Crippen LogP contribution in [0.1, 0.15) is 73.9 Å². The molecule has 0 bridgehead atoms. The summed E-state index contributed by atoms with van der Waals surface area (Å²) in [5.74, 6) is 3.12. The molecule has 2 aromatic heterocycles. The van der Waals surface area contributed by atoms with Crippen molar-refractivity contribution in [3.8, 4) is 0 Å². The van der Waals surface area contributed by atoms with E-state index in [2.05, 4.69) is 43.8 Å². The second kappa shape index (κ2) is 10.9. The normalized spacial score (nSPS) is 18.2. The number of furan rings is 1. The number of thioether (sulfide) groups is 1. The van der Waals surface area contributed by atoms with E-state index in [0.717, 1.165) is 48.6 Å². The summed E-state index contributed by atoms with van der Waals surface area (Å²) in [7, 11) is 4.25. The topological polar surface area (TPSA) is 65.7 Å². The molecule has 0 unspecified atom stereocenters. The lowest BCUT2D eigenvalue weighted by atomic mass is 9.94. The van der Waals surface area contributed by atoms with Crippen molar-refractivity contribution in [1.29, 1.82) is 0 Å². The van der Waals surface area contributed by atoms with Crippen molar-refractivity contribution in [3.05, 3.63) is 35.4 Å². The highest BCUT2D eigenvalue weighted by atomic mass is 32.2. The zero-order valence-corrected chi connectivity index (χ0v) is 21.2. The van der Waals surface area contributed by atoms with E-state index in [0.29, 0.717) is 23.5 Å². The second-order valence-electron chi connectivity index (χ2n) is 9.64. The summed E-state index contributed by atoms with van der Waals surface area (Å²) < 4.78 is 5.91. The zero-order chi connectivity index (χ0) is 23.4. The summed E-state index contributed by atoms with van der Waals surface area (Å²) in [5.41, 5.74) is 1.07. The van der Waals surface area contributed by atoms with E-state index in [1.54, 1.807) is 17.8 Å². The molecule has 2 fully saturated rings. The molecule has 2 aliphatic rings. The second-order valence-corrected chi connectivity index (χ2v) is 10.6. The molecule has 1 aliphatic heterocycles. The Morgan fingerprint density at radius 2 is 1.88 bits per heavy atom. The first kappa shape index (κ1) is 24.1. The van der Waals surface area contributed by atoms with Crippen molar-refractivity contribution in [2.45, 2.75) is 68.8 Å². The maximum absolute atomic E-state index is 12.8. The quantitative estimate of drug-likeness (QED) is 0.430. The van der Waals surface area contributed by atoms with Crippen molar-refractivity contribution in [3.63, 3.8) is 0 Å². The van der Waals surface area contributed by atoms with Crippen molar-refractivity contribution < 1.29 is 9.21 Å². The largest absolute Gasteiger partial charge is 0.455 e. The molecule has 3 heterocycles. The van der Waals surface area contributed by atoms with Crippen LogP contribution in [0.3, 0.4) is 0 Å². The fraction of sp³-hybridized carbons (Fsp3) is 0.640. The van der Waals surface area contributed by atoms with Crippen molar-refractivity contribution in [2.75, 3.05) is 45.2 Å². The predicted molar refractivity (Wildman–Crippen MR) is 133 cm³/mol. The molecule has 0 N–H and O–H groups in total. The lowest BCUT2D eigenvalue weighted by Crippen LogP contribution is -2.47. The van der Waals surface area contributed by atoms with Gasteiger partial charge in [-0.15, -0.1) is 0 Å². The van der Waals surface area contributed by atoms with Gasteiger partial charge in [0.15, 0.2) is 10.9 Å². The maximum atomic E-state index is 12.8. The first-order chi connectivity index (χ1) is 15.9. The number of anilines is 1. The standard InChI is InChI=1S/C25H37N5O2S/c1-18(2)21-16-23(29(4)19-8-6-5-7-9-19)27-25(26-21)33-17-20-10-11-22(32-20)24(31)30-14-12-28(3)13-15-30/h10-11,16,18-19H,5-9,12-15,17H2,1-4H3. The van der Waals surface area contributed by atoms with Crippen LogP contribution in [0.5, 0.6) is 0 Å². The van der Waals surface area contributed by atoms with Gasteiger partial charge in [-0.2, -0.15) is 0 Å². The smallest absolute Gasteiger partial charge is 0.289 e. The van der Waals surface area contributed by atoms with Gasteiger partial charge in [0.25, 0.3) is 5.91 Å². The molecule has 33 heavy (non-hydrogen) atoms. The molecule has 2 aromatic rings. The highest BCUT2D eigenvalue weighted by Crippen LogP contribution is 2.29. The Balaban J connectivity index is 1.42. The molecule has 4 rings (SSSR count). The summed E-state index contributed by atoms with van der Waals surface area (Å²) in [5, 5.41) is 0.766. The van der Waals surface area contributed by atoms with Crippen LogP contribution >= 0.6 is 11.8 Å². The SMILES string of the molecule is CC(C)c1cc(N(C)C2CCCCC2)nc(SCc2ccc(C(=O)N3CCN(C)CC3)o2)n1. The van der Waals surface area contributed by atoms with E-state index < -0.39 is 0 Å². The minimum absolute atomic E-state index is 0.0196. The van der Waals surface area contributed by atoms with Gasteiger partial charge in [0.05, 0.1) is 5.75 Å². The third-order valence-corrected chi connectivity index (χ3v) is 7.66. The molecule has 0 spiro atoms. The monoisotopic (exact) mass is 471 g/mol. The molecule has 1 aliphatic carbocycles. The first-order valence-corrected chi connectivity index (χ1v) is 13.2. The van der Waals surface area contributed by atoms with Gasteiger partial charge in [-0.25, -0.2) is 9.97 Å². The Labute approximate surface area is 201 Å². The Morgan fingerprint density at radius 3 is 2.58 bits per heavy atom. The van der Waals surface area contributed by atoms with Gasteiger partial charge in [-0.1, -0.05) is 44.9 Å². The van der Waals surface area contributed by atoms with Gasteiger partial charge in [-0.3, -0.25) is 4.79 Å². The third-order valence-electron chi connectivity index (χ3n) is 6.79. The fourth-order valence-corrected chi connectivity index (χ4v) is 5.25. The number of piperazine rings is 1. The van der Waals surface area contributed by atoms with E-state index in [9.17, 15) is 4.79 Å². The van der Waals surface area contributed by atoms with Crippen molar-refractivity contribution in [2.24, 2.45) is 0 Å². The van der Waals surface area contributed by atoms with Crippen LogP contribution in [-0.4, -0.2) is 72.0 Å². The minimum Gasteiger partial charge on any atom is -0.455 e. The molecule has 7 nitrogen and oxygen atoms in total. The average Bonchev–Trinajstić information content (AvgIpc) is 3.32. The number of carbonyl (C=O) groups is 1. The van der Waals surface area contributed by atoms with Gasteiger partial charge in [0.2, 0.25) is 0 Å². The number of hydrogen-bond donors (Lipinski definition) is 0. The molecule has 0 radical (unpaired) electrons. The third kappa shape index (κ3) is 6.09. The van der Waals surface area contributed by atoms with Crippen LogP contribution in [0.15, 0.2) is 27.8 Å². The van der Waals surface area contributed by atoms with E-state index in [1.807, 2.05) is 11.0 Å². The summed E-state index contributed by atoms with van der Waals surface area (Å²) in [6, 6.07) is 6.39. The molecule has 180 valence electrons. The number of hydrogen-bond acceptors (Lipinski definition) is 7. The molecule has 1 amide bonds. The van der Waals surface area contributed by atoms with E-state index in [1.165, 1.54) is 32.1 Å². The molecular formula is C25H37N5O2S. The fourth-order valence-electron chi connectivity index (χ4n) is 4.50. The number of likely N-dealkylation sites (N-methyl/N-ethyl adjacent to an activating group) is 1. The lowest BCUT2D eigenvalue weighted by Gasteiger charge is -2.32. The van der Waals surface area contributed by atoms with Crippen LogP contribution in [0, 0.1) is 0 Å². The highest BCUT2D eigenvalue weighted by molar-refractivity contribution is 7.98. The Morgan fingerprint density at radius 1 is 1.15 bits per heavy atom. The number of carbonyl (C=O) groups excluding carboxylic acids is 1. The highest BCUT2D eigenvalue weighted by Gasteiger charge is 2.24. The summed E-state index contributed by atoms with van der Waals surface area (Å²) >= 11 is 1.57. The van der Waals surface area contributed by atoms with Gasteiger partial charge >= 0.3 is 0 Å². The Bertz CT molecular complexity index is 933. The number of nitrogens with zero attached hydrogens (tertiary/aromatic N) is 5. The molecule has 0 atom stereocenters. The summed E-state index contributed by atoms with van der Waals surface area (Å²) in [6.45, 7) is 7.63. The lowest BCUT2D eigenvalue weighted by molar-refractivity contribution is 0.0631. The van der Waals surface area contributed by atoms with E-state index >= 15 is 0 Å². The summed E-state index contributed by atoms with van der Waals surface area (Å²) in [6.07, 6.45) is 6.40. The van der Waals surface area contributed by atoms with E-state index in [4.69, 9.17) is 14.4 Å². The predicted octanol–water partition coefficient (Wildman–Crippen LogP) is 4.64. The van der Waals surface area contributed by atoms with Crippen LogP contribution in [0.2, 0.25) is 0 Å². The van der Waals surface area contributed by atoms with Gasteiger partial charge in [0, 0.05) is 51.0 Å². The Kier molecular flexibility index (Phi) is 7.96. The van der Waals surface area contributed by atoms with Crippen molar-refractivity contribution >= 4 is 23.5 Å². The average molecular weight is 472 g/mol. The first-order valence-electron chi connectivity index (χ1n) is 12.2. The number of amides is 1.